The van der Waals surface area contributed by atoms with E-state index in [2.05, 4.69) is 15.7 Å². The van der Waals surface area contributed by atoms with Crippen LogP contribution in [0.25, 0.3) is 0 Å². The molecule has 2 aliphatic rings. The number of nitrogens with one attached hydrogen (secondary N) is 2. The smallest absolute Gasteiger partial charge is 0.410 e. The third-order valence-corrected chi connectivity index (χ3v) is 6.06. The first kappa shape index (κ1) is 21.4. The predicted molar refractivity (Wildman–Crippen MR) is 115 cm³/mol. The Morgan fingerprint density at radius 3 is 2.73 bits per heavy atom. The fourth-order valence-corrected chi connectivity index (χ4v) is 4.08. The van der Waals surface area contributed by atoms with Crippen LogP contribution in [0.3, 0.4) is 0 Å². The molecule has 172 valence electrons. The molecule has 7 nitrogen and oxygen atoms in total. The van der Waals surface area contributed by atoms with Crippen LogP contribution in [0, 0.1) is 6.92 Å². The summed E-state index contributed by atoms with van der Waals surface area (Å²) in [5, 5.41) is 10.1. The van der Waals surface area contributed by atoms with Crippen LogP contribution in [0.4, 0.5) is 24.7 Å². The Morgan fingerprint density at radius 2 is 1.97 bits per heavy atom. The normalized spacial score (nSPS) is 19.1. The topological polar surface area (TPSA) is 77.4 Å². The summed E-state index contributed by atoms with van der Waals surface area (Å²) in [5.41, 5.74) is 1.72. The van der Waals surface area contributed by atoms with E-state index in [1.54, 1.807) is 36.4 Å². The van der Waals surface area contributed by atoms with Crippen LogP contribution < -0.4 is 20.1 Å². The summed E-state index contributed by atoms with van der Waals surface area (Å²) >= 11 is 6.08. The maximum absolute atomic E-state index is 13.9. The molecule has 0 saturated heterocycles. The van der Waals surface area contributed by atoms with Crippen molar-refractivity contribution in [3.05, 3.63) is 64.3 Å². The molecule has 1 amide bonds. The summed E-state index contributed by atoms with van der Waals surface area (Å²) in [5.74, 6) is 0.480. The number of rotatable bonds is 3. The number of ether oxygens (including phenoxy) is 2. The van der Waals surface area contributed by atoms with E-state index in [1.165, 1.54) is 6.07 Å². The Labute approximate surface area is 191 Å². The molecular weight excluding hydrogens is 461 g/mol. The molecule has 0 fully saturated rings. The number of hydrogen-bond donors (Lipinski definition) is 2. The van der Waals surface area contributed by atoms with E-state index < -0.39 is 24.2 Å². The molecule has 0 bridgehead atoms. The molecule has 33 heavy (non-hydrogen) atoms. The molecule has 0 radical (unpaired) electrons. The van der Waals surface area contributed by atoms with Crippen molar-refractivity contribution in [2.75, 3.05) is 17.4 Å². The SMILES string of the molecule is Cc1ccc(NC(=O)c2cc3n(n2)C(C(F)(F)F)CC(c2ccc4c(c2)OCO4)N3)cc1Cl. The Hall–Kier alpha value is -3.40. The van der Waals surface area contributed by atoms with Crippen LogP contribution >= 0.6 is 11.6 Å². The zero-order chi connectivity index (χ0) is 23.3. The highest BCUT2D eigenvalue weighted by Crippen LogP contribution is 2.45. The van der Waals surface area contributed by atoms with Crippen LogP contribution in [0.15, 0.2) is 42.5 Å². The fraction of sp³-hybridized carbons (Fsp3) is 0.273. The molecule has 2 N–H and O–H groups in total. The number of carbonyl (C=O) groups excluding carboxylic acids is 1. The van der Waals surface area contributed by atoms with E-state index >= 15 is 0 Å². The second-order valence-corrected chi connectivity index (χ2v) is 8.29. The van der Waals surface area contributed by atoms with E-state index in [1.807, 2.05) is 6.92 Å². The predicted octanol–water partition coefficient (Wildman–Crippen LogP) is 5.49. The van der Waals surface area contributed by atoms with Gasteiger partial charge in [-0.3, -0.25) is 4.79 Å². The van der Waals surface area contributed by atoms with Gasteiger partial charge in [0.15, 0.2) is 23.2 Å². The zero-order valence-electron chi connectivity index (χ0n) is 17.2. The van der Waals surface area contributed by atoms with Crippen molar-refractivity contribution in [2.45, 2.75) is 31.6 Å². The highest BCUT2D eigenvalue weighted by atomic mass is 35.5. The number of alkyl halides is 3. The van der Waals surface area contributed by atoms with Gasteiger partial charge in [0.1, 0.15) is 5.82 Å². The van der Waals surface area contributed by atoms with Gasteiger partial charge in [-0.15, -0.1) is 0 Å². The van der Waals surface area contributed by atoms with Gasteiger partial charge < -0.3 is 20.1 Å². The Balaban J connectivity index is 1.44. The minimum absolute atomic E-state index is 0.0689. The van der Waals surface area contributed by atoms with Gasteiger partial charge in [-0.05, 0) is 42.3 Å². The van der Waals surface area contributed by atoms with Crippen LogP contribution in [-0.4, -0.2) is 28.7 Å². The number of benzene rings is 2. The summed E-state index contributed by atoms with van der Waals surface area (Å²) < 4.78 is 53.2. The summed E-state index contributed by atoms with van der Waals surface area (Å²) in [7, 11) is 0. The van der Waals surface area contributed by atoms with Crippen molar-refractivity contribution in [1.29, 1.82) is 0 Å². The maximum atomic E-state index is 13.9. The lowest BCUT2D eigenvalue weighted by Crippen LogP contribution is -2.35. The number of carbonyl (C=O) groups is 1. The van der Waals surface area contributed by atoms with Crippen molar-refractivity contribution < 1.29 is 27.4 Å². The van der Waals surface area contributed by atoms with E-state index in [9.17, 15) is 18.0 Å². The van der Waals surface area contributed by atoms with Gasteiger partial charge in [0.25, 0.3) is 5.91 Å². The summed E-state index contributed by atoms with van der Waals surface area (Å²) in [4.78, 5) is 12.7. The van der Waals surface area contributed by atoms with Gasteiger partial charge in [-0.1, -0.05) is 23.7 Å². The number of aryl methyl sites for hydroxylation is 1. The van der Waals surface area contributed by atoms with E-state index in [0.29, 0.717) is 27.8 Å². The number of aromatic nitrogens is 2. The third-order valence-electron chi connectivity index (χ3n) is 5.65. The second-order valence-electron chi connectivity index (χ2n) is 7.88. The lowest BCUT2D eigenvalue weighted by molar-refractivity contribution is -0.173. The molecule has 11 heteroatoms. The van der Waals surface area contributed by atoms with Crippen molar-refractivity contribution in [3.8, 4) is 11.5 Å². The number of halogens is 4. The first-order valence-electron chi connectivity index (χ1n) is 10.1. The van der Waals surface area contributed by atoms with Gasteiger partial charge in [0, 0.05) is 23.2 Å². The first-order valence-corrected chi connectivity index (χ1v) is 10.5. The van der Waals surface area contributed by atoms with E-state index in [0.717, 1.165) is 10.2 Å². The average molecular weight is 479 g/mol. The number of hydrogen-bond acceptors (Lipinski definition) is 5. The summed E-state index contributed by atoms with van der Waals surface area (Å²) in [6.07, 6.45) is -4.86. The quantitative estimate of drug-likeness (QED) is 0.521. The Kier molecular flexibility index (Phi) is 5.12. The van der Waals surface area contributed by atoms with Crippen molar-refractivity contribution >= 4 is 29.0 Å². The monoisotopic (exact) mass is 478 g/mol. The molecule has 0 saturated carbocycles. The van der Waals surface area contributed by atoms with Gasteiger partial charge in [-0.25, -0.2) is 4.68 Å². The molecular formula is C22H18ClF3N4O3. The third kappa shape index (κ3) is 4.06. The molecule has 2 unspecified atom stereocenters. The molecule has 1 aromatic heterocycles. The molecule has 0 spiro atoms. The molecule has 3 aromatic rings. The van der Waals surface area contributed by atoms with E-state index in [4.69, 9.17) is 21.1 Å². The second kappa shape index (κ2) is 7.87. The van der Waals surface area contributed by atoms with Gasteiger partial charge >= 0.3 is 6.18 Å². The highest BCUT2D eigenvalue weighted by Gasteiger charge is 2.47. The molecule has 2 aliphatic heterocycles. The number of amides is 1. The minimum Gasteiger partial charge on any atom is -0.454 e. The highest BCUT2D eigenvalue weighted by molar-refractivity contribution is 6.31. The summed E-state index contributed by atoms with van der Waals surface area (Å²) in [6, 6.07) is 8.71. The number of fused-ring (bicyclic) bond motifs is 2. The van der Waals surface area contributed by atoms with E-state index in [-0.39, 0.29) is 24.7 Å². The molecule has 2 aromatic carbocycles. The Bertz CT molecular complexity index is 1240. The molecule has 5 rings (SSSR count). The minimum atomic E-state index is -4.56. The number of anilines is 2. The standard InChI is InChI=1S/C22H18ClF3N4O3/c1-11-2-4-13(7-14(11)23)27-21(31)16-9-20-28-15(8-19(22(24,25)26)30(20)29-16)12-3-5-17-18(6-12)33-10-32-17/h2-7,9,15,19,28H,8,10H2,1H3,(H,27,31). The van der Waals surface area contributed by atoms with Gasteiger partial charge in [0.2, 0.25) is 6.79 Å². The number of nitrogens with zero attached hydrogens (tertiary/aromatic N) is 2. The van der Waals surface area contributed by atoms with Crippen LogP contribution in [0.5, 0.6) is 11.5 Å². The zero-order valence-corrected chi connectivity index (χ0v) is 18.0. The molecule has 2 atom stereocenters. The average Bonchev–Trinajstić information content (AvgIpc) is 3.41. The van der Waals surface area contributed by atoms with Crippen molar-refractivity contribution in [1.82, 2.24) is 9.78 Å². The van der Waals surface area contributed by atoms with Crippen LogP contribution in [-0.2, 0) is 0 Å². The van der Waals surface area contributed by atoms with Crippen LogP contribution in [0.1, 0.15) is 40.1 Å². The van der Waals surface area contributed by atoms with Gasteiger partial charge in [-0.2, -0.15) is 18.3 Å². The fourth-order valence-electron chi connectivity index (χ4n) is 3.90. The summed E-state index contributed by atoms with van der Waals surface area (Å²) in [6.45, 7) is 1.89. The molecule has 3 heterocycles. The van der Waals surface area contributed by atoms with Crippen LogP contribution in [0.2, 0.25) is 5.02 Å². The first-order chi connectivity index (χ1) is 15.7. The Morgan fingerprint density at radius 1 is 1.18 bits per heavy atom. The van der Waals surface area contributed by atoms with Crippen molar-refractivity contribution in [3.63, 3.8) is 0 Å². The lowest BCUT2D eigenvalue weighted by Gasteiger charge is -2.33. The maximum Gasteiger partial charge on any atom is 0.410 e. The molecule has 0 aliphatic carbocycles. The van der Waals surface area contributed by atoms with Gasteiger partial charge in [0.05, 0.1) is 6.04 Å². The largest absolute Gasteiger partial charge is 0.454 e. The lowest BCUT2D eigenvalue weighted by atomic mass is 9.96. The van der Waals surface area contributed by atoms with Crippen molar-refractivity contribution in [2.24, 2.45) is 0 Å².